The Hall–Kier alpha value is -1.29. The summed E-state index contributed by atoms with van der Waals surface area (Å²) >= 11 is 0. The van der Waals surface area contributed by atoms with Gasteiger partial charge in [-0.1, -0.05) is 13.3 Å². The van der Waals surface area contributed by atoms with Gasteiger partial charge in [-0.2, -0.15) is 0 Å². The summed E-state index contributed by atoms with van der Waals surface area (Å²) in [6.45, 7) is 3.85. The first-order chi connectivity index (χ1) is 9.19. The molecule has 1 aliphatic rings. The number of carboxylic acid groups (broad SMARTS) is 1. The highest BCUT2D eigenvalue weighted by atomic mass is 16.4. The van der Waals surface area contributed by atoms with Crippen LogP contribution >= 0.6 is 0 Å². The van der Waals surface area contributed by atoms with Crippen molar-refractivity contribution in [1.29, 1.82) is 0 Å². The number of aryl methyl sites for hydroxylation is 1. The Kier molecular flexibility index (Phi) is 5.02. The van der Waals surface area contributed by atoms with Crippen LogP contribution in [0.1, 0.15) is 50.5 Å². The van der Waals surface area contributed by atoms with E-state index in [9.17, 15) is 4.79 Å². The average Bonchev–Trinajstić information content (AvgIpc) is 2.79. The summed E-state index contributed by atoms with van der Waals surface area (Å²) < 4.78 is 5.79. The molecule has 0 aromatic carbocycles. The van der Waals surface area contributed by atoms with Gasteiger partial charge in [0.2, 0.25) is 0 Å². The number of hydrogen-bond acceptors (Lipinski definition) is 3. The van der Waals surface area contributed by atoms with Gasteiger partial charge in [0.1, 0.15) is 11.5 Å². The number of nitrogens with zero attached hydrogens (tertiary/aromatic N) is 1. The molecule has 0 bridgehead atoms. The Balaban J connectivity index is 1.95. The molecule has 4 nitrogen and oxygen atoms in total. The molecule has 1 aromatic heterocycles. The van der Waals surface area contributed by atoms with Crippen molar-refractivity contribution in [2.24, 2.45) is 0 Å². The smallest absolute Gasteiger partial charge is 0.304 e. The van der Waals surface area contributed by atoms with E-state index in [4.69, 9.17) is 9.52 Å². The first kappa shape index (κ1) is 14.1. The number of aliphatic carboxylic acids is 1. The van der Waals surface area contributed by atoms with E-state index < -0.39 is 5.97 Å². The summed E-state index contributed by atoms with van der Waals surface area (Å²) in [5.74, 6) is 1.29. The van der Waals surface area contributed by atoms with Crippen molar-refractivity contribution < 1.29 is 14.3 Å². The van der Waals surface area contributed by atoms with Gasteiger partial charge in [-0.25, -0.2) is 0 Å². The van der Waals surface area contributed by atoms with Gasteiger partial charge in [0, 0.05) is 12.5 Å². The molecule has 4 heteroatoms. The highest BCUT2D eigenvalue weighted by Crippen LogP contribution is 2.23. The van der Waals surface area contributed by atoms with Crippen molar-refractivity contribution in [3.63, 3.8) is 0 Å². The lowest BCUT2D eigenvalue weighted by molar-refractivity contribution is -0.138. The van der Waals surface area contributed by atoms with Crippen LogP contribution < -0.4 is 0 Å². The molecule has 1 N–H and O–H groups in total. The second-order valence-electron chi connectivity index (χ2n) is 5.34. The molecule has 0 saturated carbocycles. The third-order valence-corrected chi connectivity index (χ3v) is 3.73. The van der Waals surface area contributed by atoms with Crippen LogP contribution in [-0.4, -0.2) is 28.6 Å². The van der Waals surface area contributed by atoms with Gasteiger partial charge in [-0.05, 0) is 37.9 Å². The number of carboxylic acids is 1. The molecule has 1 aliphatic heterocycles. The van der Waals surface area contributed by atoms with Crippen molar-refractivity contribution in [2.75, 3.05) is 6.54 Å². The quantitative estimate of drug-likeness (QED) is 0.859. The number of hydrogen-bond donors (Lipinski definition) is 1. The van der Waals surface area contributed by atoms with E-state index in [1.165, 1.54) is 0 Å². The lowest BCUT2D eigenvalue weighted by Gasteiger charge is -2.34. The zero-order valence-corrected chi connectivity index (χ0v) is 11.6. The second-order valence-corrected chi connectivity index (χ2v) is 5.34. The van der Waals surface area contributed by atoms with Crippen LogP contribution in [-0.2, 0) is 17.8 Å². The molecule has 0 aliphatic carbocycles. The number of rotatable bonds is 6. The molecule has 0 spiro atoms. The fourth-order valence-corrected chi connectivity index (χ4v) is 2.79. The van der Waals surface area contributed by atoms with Crippen LogP contribution in [0.3, 0.4) is 0 Å². The lowest BCUT2D eigenvalue weighted by Crippen LogP contribution is -2.40. The van der Waals surface area contributed by atoms with Gasteiger partial charge >= 0.3 is 5.97 Å². The van der Waals surface area contributed by atoms with Gasteiger partial charge in [-0.3, -0.25) is 9.69 Å². The molecule has 0 unspecified atom stereocenters. The van der Waals surface area contributed by atoms with Crippen molar-refractivity contribution >= 4 is 5.97 Å². The molecule has 1 atom stereocenters. The predicted octanol–water partition coefficient (Wildman–Crippen LogP) is 3.06. The minimum absolute atomic E-state index is 0.158. The van der Waals surface area contributed by atoms with Crippen molar-refractivity contribution in [1.82, 2.24) is 4.90 Å². The Morgan fingerprint density at radius 2 is 2.21 bits per heavy atom. The highest BCUT2D eigenvalue weighted by molar-refractivity contribution is 5.67. The van der Waals surface area contributed by atoms with Crippen molar-refractivity contribution in [2.45, 2.75) is 58.0 Å². The topological polar surface area (TPSA) is 53.7 Å². The van der Waals surface area contributed by atoms with Crippen molar-refractivity contribution in [3.8, 4) is 0 Å². The fourth-order valence-electron chi connectivity index (χ4n) is 2.79. The molecule has 0 radical (unpaired) electrons. The average molecular weight is 265 g/mol. The van der Waals surface area contributed by atoms with Crippen LogP contribution in [0.4, 0.5) is 0 Å². The molecule has 1 fully saturated rings. The Morgan fingerprint density at radius 1 is 1.42 bits per heavy atom. The van der Waals surface area contributed by atoms with Crippen molar-refractivity contribution in [3.05, 3.63) is 23.7 Å². The molecule has 1 saturated heterocycles. The molecular formula is C15H23NO3. The van der Waals surface area contributed by atoms with E-state index in [2.05, 4.69) is 11.8 Å². The van der Waals surface area contributed by atoms with Crippen LogP contribution in [0.15, 0.2) is 16.5 Å². The summed E-state index contributed by atoms with van der Waals surface area (Å²) in [7, 11) is 0. The maximum absolute atomic E-state index is 10.9. The van der Waals surface area contributed by atoms with Gasteiger partial charge < -0.3 is 9.52 Å². The Bertz CT molecular complexity index is 413. The number of furan rings is 1. The van der Waals surface area contributed by atoms with Gasteiger partial charge in [0.25, 0.3) is 0 Å². The lowest BCUT2D eigenvalue weighted by atomic mass is 9.99. The molecule has 2 rings (SSSR count). The maximum Gasteiger partial charge on any atom is 0.304 e. The monoisotopic (exact) mass is 265 g/mol. The Labute approximate surface area is 114 Å². The molecule has 19 heavy (non-hydrogen) atoms. The molecule has 0 amide bonds. The van der Waals surface area contributed by atoms with E-state index in [0.717, 1.165) is 56.7 Å². The van der Waals surface area contributed by atoms with Crippen LogP contribution in [0.2, 0.25) is 0 Å². The van der Waals surface area contributed by atoms with Crippen LogP contribution in [0.5, 0.6) is 0 Å². The molecular weight excluding hydrogens is 242 g/mol. The zero-order chi connectivity index (χ0) is 13.7. The van der Waals surface area contributed by atoms with E-state index in [1.54, 1.807) is 0 Å². The molecule has 1 aromatic rings. The standard InChI is InChI=1S/C15H23NO3/c1-2-5-13-7-8-14(19-13)11-16-9-4-3-6-12(16)10-15(17)18/h7-8,12H,2-6,9-11H2,1H3,(H,17,18)/t12-/m0/s1. The molecule has 2 heterocycles. The summed E-state index contributed by atoms with van der Waals surface area (Å²) in [5.41, 5.74) is 0. The normalized spacial score (nSPS) is 20.6. The highest BCUT2D eigenvalue weighted by Gasteiger charge is 2.25. The minimum atomic E-state index is -0.706. The summed E-state index contributed by atoms with van der Waals surface area (Å²) in [6.07, 6.45) is 5.56. The van der Waals surface area contributed by atoms with E-state index in [-0.39, 0.29) is 12.5 Å². The first-order valence-electron chi connectivity index (χ1n) is 7.22. The van der Waals surface area contributed by atoms with Gasteiger partial charge in [0.15, 0.2) is 0 Å². The number of carbonyl (C=O) groups is 1. The largest absolute Gasteiger partial charge is 0.481 e. The summed E-state index contributed by atoms with van der Waals surface area (Å²) in [6, 6.07) is 4.22. The van der Waals surface area contributed by atoms with E-state index in [0.29, 0.717) is 0 Å². The summed E-state index contributed by atoms with van der Waals surface area (Å²) in [5, 5.41) is 8.97. The first-order valence-corrected chi connectivity index (χ1v) is 7.22. The fraction of sp³-hybridized carbons (Fsp3) is 0.667. The molecule has 106 valence electrons. The zero-order valence-electron chi connectivity index (χ0n) is 11.6. The van der Waals surface area contributed by atoms with Gasteiger partial charge in [-0.15, -0.1) is 0 Å². The Morgan fingerprint density at radius 3 is 2.95 bits per heavy atom. The second kappa shape index (κ2) is 6.75. The number of piperidine rings is 1. The predicted molar refractivity (Wildman–Crippen MR) is 73.0 cm³/mol. The van der Waals surface area contributed by atoms with Crippen LogP contribution in [0.25, 0.3) is 0 Å². The van der Waals surface area contributed by atoms with E-state index >= 15 is 0 Å². The minimum Gasteiger partial charge on any atom is -0.481 e. The number of likely N-dealkylation sites (tertiary alicyclic amines) is 1. The maximum atomic E-state index is 10.9. The van der Waals surface area contributed by atoms with Gasteiger partial charge in [0.05, 0.1) is 13.0 Å². The third kappa shape index (κ3) is 4.10. The third-order valence-electron chi connectivity index (χ3n) is 3.73. The summed E-state index contributed by atoms with van der Waals surface area (Å²) in [4.78, 5) is 13.2. The SMILES string of the molecule is CCCc1ccc(CN2CCCC[C@H]2CC(=O)O)o1. The van der Waals surface area contributed by atoms with E-state index in [1.807, 2.05) is 12.1 Å². The van der Waals surface area contributed by atoms with Crippen LogP contribution in [0, 0.1) is 0 Å².